The van der Waals surface area contributed by atoms with Gasteiger partial charge in [-0.1, -0.05) is 30.3 Å². The van der Waals surface area contributed by atoms with Crippen LogP contribution in [0.25, 0.3) is 0 Å². The minimum atomic E-state index is 0.174. The zero-order valence-corrected chi connectivity index (χ0v) is 14.6. The van der Waals surface area contributed by atoms with Crippen molar-refractivity contribution in [3.8, 4) is 0 Å². The Kier molecular flexibility index (Phi) is 4.38. The van der Waals surface area contributed by atoms with Crippen LogP contribution in [-0.4, -0.2) is 47.2 Å². The lowest BCUT2D eigenvalue weighted by Gasteiger charge is -2.22. The van der Waals surface area contributed by atoms with E-state index in [-0.39, 0.29) is 5.92 Å². The number of anilines is 1. The van der Waals surface area contributed by atoms with Crippen LogP contribution in [0.4, 0.5) is 5.82 Å². The van der Waals surface area contributed by atoms with Crippen molar-refractivity contribution < 1.29 is 4.79 Å². The predicted molar refractivity (Wildman–Crippen MR) is 97.5 cm³/mol. The second-order valence-corrected chi connectivity index (χ2v) is 7.06. The maximum atomic E-state index is 12.9. The standard InChI is InChI=1S/C20H24N4O/c1-15-8-9-19(22-21-15)23-10-5-11-24(13-12-23)20(25)18-14-17(18)16-6-3-2-4-7-16/h2-4,6-9,17-18H,5,10-14H2,1H3/t17-,18-/m1/s1. The van der Waals surface area contributed by atoms with E-state index in [1.807, 2.05) is 25.1 Å². The van der Waals surface area contributed by atoms with Gasteiger partial charge in [0.05, 0.1) is 5.69 Å². The first-order chi connectivity index (χ1) is 12.2. The molecule has 4 rings (SSSR count). The van der Waals surface area contributed by atoms with Crippen LogP contribution in [0.2, 0.25) is 0 Å². The van der Waals surface area contributed by atoms with Crippen LogP contribution >= 0.6 is 0 Å². The molecule has 1 amide bonds. The van der Waals surface area contributed by atoms with Gasteiger partial charge in [0.1, 0.15) is 0 Å². The number of carbonyl (C=O) groups is 1. The first-order valence-electron chi connectivity index (χ1n) is 9.11. The lowest BCUT2D eigenvalue weighted by molar-refractivity contribution is -0.132. The zero-order chi connectivity index (χ0) is 17.2. The normalized spacial score (nSPS) is 23.2. The largest absolute Gasteiger partial charge is 0.353 e. The topological polar surface area (TPSA) is 49.3 Å². The van der Waals surface area contributed by atoms with E-state index >= 15 is 0 Å². The molecule has 2 atom stereocenters. The number of aromatic nitrogens is 2. The monoisotopic (exact) mass is 336 g/mol. The molecule has 0 unspecified atom stereocenters. The predicted octanol–water partition coefficient (Wildman–Crippen LogP) is 2.63. The molecule has 0 bridgehead atoms. The minimum Gasteiger partial charge on any atom is -0.353 e. The van der Waals surface area contributed by atoms with Crippen LogP contribution < -0.4 is 4.90 Å². The first kappa shape index (κ1) is 16.1. The summed E-state index contributed by atoms with van der Waals surface area (Å²) in [6.45, 7) is 5.30. The molecule has 1 saturated carbocycles. The number of rotatable bonds is 3. The molecule has 2 aromatic rings. The highest BCUT2D eigenvalue weighted by atomic mass is 16.2. The van der Waals surface area contributed by atoms with E-state index in [1.165, 1.54) is 5.56 Å². The van der Waals surface area contributed by atoms with Crippen molar-refractivity contribution in [3.05, 3.63) is 53.7 Å². The van der Waals surface area contributed by atoms with Gasteiger partial charge in [0.15, 0.2) is 5.82 Å². The molecule has 2 aliphatic rings. The van der Waals surface area contributed by atoms with E-state index < -0.39 is 0 Å². The molecular weight excluding hydrogens is 312 g/mol. The highest BCUT2D eigenvalue weighted by Crippen LogP contribution is 2.48. The Morgan fingerprint density at radius 2 is 1.84 bits per heavy atom. The van der Waals surface area contributed by atoms with E-state index in [1.54, 1.807) is 0 Å². The Bertz CT molecular complexity index is 731. The van der Waals surface area contributed by atoms with Gasteiger partial charge in [0, 0.05) is 32.1 Å². The summed E-state index contributed by atoms with van der Waals surface area (Å²) in [4.78, 5) is 17.2. The molecule has 2 heterocycles. The molecule has 1 saturated heterocycles. The minimum absolute atomic E-state index is 0.174. The molecule has 1 aromatic heterocycles. The van der Waals surface area contributed by atoms with Gasteiger partial charge < -0.3 is 9.80 Å². The Morgan fingerprint density at radius 1 is 1.00 bits per heavy atom. The maximum Gasteiger partial charge on any atom is 0.226 e. The van der Waals surface area contributed by atoms with Crippen molar-refractivity contribution in [1.29, 1.82) is 0 Å². The average molecular weight is 336 g/mol. The Hall–Kier alpha value is -2.43. The first-order valence-corrected chi connectivity index (χ1v) is 9.11. The second kappa shape index (κ2) is 6.82. The highest BCUT2D eigenvalue weighted by molar-refractivity contribution is 5.83. The Balaban J connectivity index is 1.36. The summed E-state index contributed by atoms with van der Waals surface area (Å²) >= 11 is 0. The summed E-state index contributed by atoms with van der Waals surface area (Å²) in [5, 5.41) is 8.43. The molecule has 5 nitrogen and oxygen atoms in total. The van der Waals surface area contributed by atoms with Gasteiger partial charge >= 0.3 is 0 Å². The summed E-state index contributed by atoms with van der Waals surface area (Å²) in [5.41, 5.74) is 2.23. The average Bonchev–Trinajstić information content (AvgIpc) is 3.46. The number of aryl methyl sites for hydroxylation is 1. The summed E-state index contributed by atoms with van der Waals surface area (Å²) in [6, 6.07) is 14.4. The number of hydrogen-bond donors (Lipinski definition) is 0. The quantitative estimate of drug-likeness (QED) is 0.864. The van der Waals surface area contributed by atoms with Crippen molar-refractivity contribution >= 4 is 11.7 Å². The van der Waals surface area contributed by atoms with Gasteiger partial charge in [-0.2, -0.15) is 5.10 Å². The molecule has 0 spiro atoms. The zero-order valence-electron chi connectivity index (χ0n) is 14.6. The number of hydrogen-bond acceptors (Lipinski definition) is 4. The van der Waals surface area contributed by atoms with Gasteiger partial charge in [-0.25, -0.2) is 0 Å². The molecule has 5 heteroatoms. The smallest absolute Gasteiger partial charge is 0.226 e. The highest BCUT2D eigenvalue weighted by Gasteiger charge is 2.45. The van der Waals surface area contributed by atoms with Gasteiger partial charge in [-0.05, 0) is 43.4 Å². The lowest BCUT2D eigenvalue weighted by Crippen LogP contribution is -2.36. The van der Waals surface area contributed by atoms with Crippen LogP contribution in [0.1, 0.15) is 30.0 Å². The van der Waals surface area contributed by atoms with Gasteiger partial charge in [-0.15, -0.1) is 5.10 Å². The Labute approximate surface area is 148 Å². The van der Waals surface area contributed by atoms with Gasteiger partial charge in [0.25, 0.3) is 0 Å². The van der Waals surface area contributed by atoms with E-state index in [4.69, 9.17) is 0 Å². The molecule has 1 aliphatic heterocycles. The molecule has 2 fully saturated rings. The molecule has 130 valence electrons. The molecule has 1 aliphatic carbocycles. The van der Waals surface area contributed by atoms with Crippen LogP contribution in [0.15, 0.2) is 42.5 Å². The van der Waals surface area contributed by atoms with E-state index in [0.717, 1.165) is 50.5 Å². The fraction of sp³-hybridized carbons (Fsp3) is 0.450. The van der Waals surface area contributed by atoms with Crippen LogP contribution in [0.5, 0.6) is 0 Å². The summed E-state index contributed by atoms with van der Waals surface area (Å²) < 4.78 is 0. The second-order valence-electron chi connectivity index (χ2n) is 7.06. The third kappa shape index (κ3) is 3.50. The fourth-order valence-electron chi connectivity index (χ4n) is 3.70. The number of carbonyl (C=O) groups excluding carboxylic acids is 1. The van der Waals surface area contributed by atoms with E-state index in [0.29, 0.717) is 11.8 Å². The van der Waals surface area contributed by atoms with Crippen molar-refractivity contribution in [2.24, 2.45) is 5.92 Å². The van der Waals surface area contributed by atoms with Gasteiger partial charge in [-0.3, -0.25) is 4.79 Å². The van der Waals surface area contributed by atoms with Crippen LogP contribution in [0, 0.1) is 12.8 Å². The van der Waals surface area contributed by atoms with Crippen molar-refractivity contribution in [2.75, 3.05) is 31.1 Å². The summed E-state index contributed by atoms with van der Waals surface area (Å²) in [6.07, 6.45) is 1.97. The number of nitrogens with zero attached hydrogens (tertiary/aromatic N) is 4. The van der Waals surface area contributed by atoms with Crippen LogP contribution in [0.3, 0.4) is 0 Å². The SMILES string of the molecule is Cc1ccc(N2CCCN(C(=O)[C@@H]3C[C@@H]3c3ccccc3)CC2)nn1. The van der Waals surface area contributed by atoms with Crippen LogP contribution in [-0.2, 0) is 4.79 Å². The Morgan fingerprint density at radius 3 is 2.60 bits per heavy atom. The van der Waals surface area contributed by atoms with Crippen molar-refractivity contribution in [1.82, 2.24) is 15.1 Å². The molecular formula is C20H24N4O. The van der Waals surface area contributed by atoms with Crippen molar-refractivity contribution in [3.63, 3.8) is 0 Å². The lowest BCUT2D eigenvalue weighted by atomic mass is 10.1. The summed E-state index contributed by atoms with van der Waals surface area (Å²) in [7, 11) is 0. The molecule has 1 aromatic carbocycles. The molecule has 0 radical (unpaired) electrons. The maximum absolute atomic E-state index is 12.9. The van der Waals surface area contributed by atoms with Gasteiger partial charge in [0.2, 0.25) is 5.91 Å². The number of amides is 1. The number of benzene rings is 1. The molecule has 25 heavy (non-hydrogen) atoms. The van der Waals surface area contributed by atoms with E-state index in [9.17, 15) is 4.79 Å². The molecule has 0 N–H and O–H groups in total. The third-order valence-corrected chi connectivity index (χ3v) is 5.25. The summed E-state index contributed by atoms with van der Waals surface area (Å²) in [5.74, 6) is 1.82. The fourth-order valence-corrected chi connectivity index (χ4v) is 3.70. The van der Waals surface area contributed by atoms with E-state index in [2.05, 4.69) is 44.3 Å². The van der Waals surface area contributed by atoms with Crippen molar-refractivity contribution in [2.45, 2.75) is 25.7 Å². The third-order valence-electron chi connectivity index (χ3n) is 5.25.